The fourth-order valence-corrected chi connectivity index (χ4v) is 5.49. The molecular formula is C21H25N5O4S. The second-order valence-corrected chi connectivity index (χ2v) is 10.1. The molecule has 2 amide bonds. The van der Waals surface area contributed by atoms with Crippen molar-refractivity contribution in [3.8, 4) is 0 Å². The van der Waals surface area contributed by atoms with Crippen LogP contribution in [0.15, 0.2) is 41.6 Å². The van der Waals surface area contributed by atoms with Gasteiger partial charge in [0.15, 0.2) is 9.84 Å². The van der Waals surface area contributed by atoms with Crippen LogP contribution in [0, 0.1) is 0 Å². The molecule has 2 aliphatic heterocycles. The Morgan fingerprint density at radius 3 is 2.58 bits per heavy atom. The van der Waals surface area contributed by atoms with Gasteiger partial charge in [-0.2, -0.15) is 10.2 Å². The fraction of sp³-hybridized carbons (Fsp3) is 0.429. The molecule has 0 saturated carbocycles. The number of amides is 2. The summed E-state index contributed by atoms with van der Waals surface area (Å²) in [6.07, 6.45) is 3.27. The minimum Gasteiger partial charge on any atom is -0.306 e. The predicted molar refractivity (Wildman–Crippen MR) is 116 cm³/mol. The first-order valence-corrected chi connectivity index (χ1v) is 12.2. The van der Waals surface area contributed by atoms with Crippen molar-refractivity contribution in [1.82, 2.24) is 14.8 Å². The van der Waals surface area contributed by atoms with Gasteiger partial charge in [0.05, 0.1) is 30.3 Å². The van der Waals surface area contributed by atoms with E-state index in [4.69, 9.17) is 0 Å². The van der Waals surface area contributed by atoms with Crippen molar-refractivity contribution in [1.29, 1.82) is 0 Å². The van der Waals surface area contributed by atoms with Gasteiger partial charge in [-0.1, -0.05) is 31.2 Å². The summed E-state index contributed by atoms with van der Waals surface area (Å²) < 4.78 is 25.2. The number of aryl methyl sites for hydroxylation is 1. The van der Waals surface area contributed by atoms with Gasteiger partial charge >= 0.3 is 0 Å². The minimum absolute atomic E-state index is 0.0386. The van der Waals surface area contributed by atoms with Gasteiger partial charge in [-0.15, -0.1) is 0 Å². The number of rotatable bonds is 6. The standard InChI is InChI=1S/C21H25N5O4S/c1-2-15-3-5-16(6-4-15)13-25-19(9-11-22-25)23-21(28)18-7-8-20(27)26(24-18)17-10-12-31(29,30)14-17/h3-6,9,11,17H,2,7-8,10,12-14H2,1H3,(H,23,28)/t17-/m1/s1. The van der Waals surface area contributed by atoms with Gasteiger partial charge in [0.2, 0.25) is 5.91 Å². The molecule has 2 aliphatic rings. The molecule has 9 nitrogen and oxygen atoms in total. The second kappa shape index (κ2) is 8.62. The summed E-state index contributed by atoms with van der Waals surface area (Å²) in [4.78, 5) is 25.1. The summed E-state index contributed by atoms with van der Waals surface area (Å²) in [5, 5.41) is 12.5. The molecule has 1 N–H and O–H groups in total. The smallest absolute Gasteiger partial charge is 0.273 e. The number of carbonyl (C=O) groups excluding carboxylic acids is 2. The molecule has 4 rings (SSSR count). The zero-order chi connectivity index (χ0) is 22.0. The van der Waals surface area contributed by atoms with Crippen molar-refractivity contribution in [2.75, 3.05) is 16.8 Å². The maximum Gasteiger partial charge on any atom is 0.273 e. The van der Waals surface area contributed by atoms with Crippen LogP contribution in [-0.4, -0.2) is 58.3 Å². The average molecular weight is 444 g/mol. The van der Waals surface area contributed by atoms with Gasteiger partial charge in [0.25, 0.3) is 5.91 Å². The molecule has 3 heterocycles. The van der Waals surface area contributed by atoms with Crippen LogP contribution in [0.1, 0.15) is 37.3 Å². The highest BCUT2D eigenvalue weighted by molar-refractivity contribution is 7.91. The van der Waals surface area contributed by atoms with E-state index >= 15 is 0 Å². The number of aromatic nitrogens is 2. The number of anilines is 1. The lowest BCUT2D eigenvalue weighted by molar-refractivity contribution is -0.133. The van der Waals surface area contributed by atoms with Crippen LogP contribution in [0.5, 0.6) is 0 Å². The van der Waals surface area contributed by atoms with Gasteiger partial charge < -0.3 is 5.32 Å². The van der Waals surface area contributed by atoms with E-state index in [1.54, 1.807) is 16.9 Å². The first kappa shape index (κ1) is 21.2. The summed E-state index contributed by atoms with van der Waals surface area (Å²) in [5.74, 6) is -0.211. The molecule has 0 unspecified atom stereocenters. The Bertz CT molecular complexity index is 1120. The largest absolute Gasteiger partial charge is 0.306 e. The zero-order valence-corrected chi connectivity index (χ0v) is 18.1. The Labute approximate surface area is 181 Å². The lowest BCUT2D eigenvalue weighted by atomic mass is 10.1. The Morgan fingerprint density at radius 2 is 1.90 bits per heavy atom. The molecule has 1 aromatic heterocycles. The number of hydrogen-bond acceptors (Lipinski definition) is 6. The number of nitrogens with one attached hydrogen (secondary N) is 1. The highest BCUT2D eigenvalue weighted by Gasteiger charge is 2.37. The van der Waals surface area contributed by atoms with Crippen molar-refractivity contribution < 1.29 is 18.0 Å². The third-order valence-corrected chi connectivity index (χ3v) is 7.35. The van der Waals surface area contributed by atoms with Crippen LogP contribution in [0.3, 0.4) is 0 Å². The zero-order valence-electron chi connectivity index (χ0n) is 17.3. The van der Waals surface area contributed by atoms with E-state index in [9.17, 15) is 18.0 Å². The first-order valence-electron chi connectivity index (χ1n) is 10.4. The maximum absolute atomic E-state index is 12.8. The van der Waals surface area contributed by atoms with Gasteiger partial charge in [-0.25, -0.2) is 18.1 Å². The molecule has 1 atom stereocenters. The summed E-state index contributed by atoms with van der Waals surface area (Å²) in [7, 11) is -3.16. The summed E-state index contributed by atoms with van der Waals surface area (Å²) in [6.45, 7) is 2.61. The molecule has 0 bridgehead atoms. The highest BCUT2D eigenvalue weighted by atomic mass is 32.2. The number of sulfone groups is 1. The first-order chi connectivity index (χ1) is 14.8. The van der Waals surface area contributed by atoms with Crippen molar-refractivity contribution in [3.63, 3.8) is 0 Å². The third-order valence-electron chi connectivity index (χ3n) is 5.60. The van der Waals surface area contributed by atoms with Crippen LogP contribution < -0.4 is 5.32 Å². The molecule has 10 heteroatoms. The van der Waals surface area contributed by atoms with Crippen molar-refractivity contribution >= 4 is 33.2 Å². The molecular weight excluding hydrogens is 418 g/mol. The van der Waals surface area contributed by atoms with E-state index in [1.807, 2.05) is 12.1 Å². The molecule has 0 aliphatic carbocycles. The highest BCUT2D eigenvalue weighted by Crippen LogP contribution is 2.22. The van der Waals surface area contributed by atoms with Crippen molar-refractivity contribution in [3.05, 3.63) is 47.7 Å². The molecule has 0 radical (unpaired) electrons. The van der Waals surface area contributed by atoms with Gasteiger partial charge in [0, 0.05) is 18.9 Å². The quantitative estimate of drug-likeness (QED) is 0.728. The number of hydrogen-bond donors (Lipinski definition) is 1. The Morgan fingerprint density at radius 1 is 1.16 bits per heavy atom. The lowest BCUT2D eigenvalue weighted by Crippen LogP contribution is -2.42. The number of carbonyl (C=O) groups is 2. The van der Waals surface area contributed by atoms with Gasteiger partial charge in [0.1, 0.15) is 11.5 Å². The van der Waals surface area contributed by atoms with Crippen LogP contribution in [0.25, 0.3) is 0 Å². The topological polar surface area (TPSA) is 114 Å². The van der Waals surface area contributed by atoms with E-state index < -0.39 is 21.8 Å². The van der Waals surface area contributed by atoms with Gasteiger partial charge in [-0.3, -0.25) is 9.59 Å². The predicted octanol–water partition coefficient (Wildman–Crippen LogP) is 1.60. The van der Waals surface area contributed by atoms with E-state index in [0.717, 1.165) is 12.0 Å². The van der Waals surface area contributed by atoms with Crippen molar-refractivity contribution in [2.45, 2.75) is 45.2 Å². The monoisotopic (exact) mass is 443 g/mol. The Balaban J connectivity index is 1.46. The van der Waals surface area contributed by atoms with Gasteiger partial charge in [-0.05, 0) is 24.0 Å². The summed E-state index contributed by atoms with van der Waals surface area (Å²) >= 11 is 0. The van der Waals surface area contributed by atoms with E-state index in [1.165, 1.54) is 10.6 Å². The van der Waals surface area contributed by atoms with E-state index in [0.29, 0.717) is 18.8 Å². The summed E-state index contributed by atoms with van der Waals surface area (Å²) in [6, 6.07) is 9.42. The van der Waals surface area contributed by atoms with Crippen LogP contribution in [-0.2, 0) is 32.4 Å². The minimum atomic E-state index is -3.16. The molecule has 31 heavy (non-hydrogen) atoms. The van der Waals surface area contributed by atoms with Crippen LogP contribution >= 0.6 is 0 Å². The molecule has 2 aromatic rings. The molecule has 164 valence electrons. The number of hydrazone groups is 1. The van der Waals surface area contributed by atoms with Crippen molar-refractivity contribution in [2.24, 2.45) is 5.10 Å². The number of benzene rings is 1. The third kappa shape index (κ3) is 4.84. The molecule has 0 spiro atoms. The normalized spacial score (nSPS) is 20.5. The number of nitrogens with zero attached hydrogens (tertiary/aromatic N) is 4. The van der Waals surface area contributed by atoms with Crippen LogP contribution in [0.4, 0.5) is 5.82 Å². The fourth-order valence-electron chi connectivity index (χ4n) is 3.79. The molecule has 1 aromatic carbocycles. The lowest BCUT2D eigenvalue weighted by Gasteiger charge is -2.27. The molecule has 1 saturated heterocycles. The molecule has 1 fully saturated rings. The van der Waals surface area contributed by atoms with E-state index in [2.05, 4.69) is 34.6 Å². The van der Waals surface area contributed by atoms with Crippen LogP contribution in [0.2, 0.25) is 0 Å². The SMILES string of the molecule is CCc1ccc(Cn2nccc2NC(=O)C2=NN([C@@H]3CCS(=O)(=O)C3)C(=O)CC2)cc1. The Kier molecular flexibility index (Phi) is 5.90. The van der Waals surface area contributed by atoms with E-state index in [-0.39, 0.29) is 36.0 Å². The Hall–Kier alpha value is -3.01. The maximum atomic E-state index is 12.8. The average Bonchev–Trinajstić information content (AvgIpc) is 3.34. The second-order valence-electron chi connectivity index (χ2n) is 7.84. The summed E-state index contributed by atoms with van der Waals surface area (Å²) in [5.41, 5.74) is 2.52.